The Balaban J connectivity index is 2.37. The van der Waals surface area contributed by atoms with E-state index in [0.717, 1.165) is 10.5 Å². The van der Waals surface area contributed by atoms with E-state index in [9.17, 15) is 10.1 Å². The quantitative estimate of drug-likeness (QED) is 0.607. The topological polar surface area (TPSA) is 43.1 Å². The Kier molecular flexibility index (Phi) is 3.67. The van der Waals surface area contributed by atoms with Crippen LogP contribution < -0.4 is 0 Å². The second-order valence-electron chi connectivity index (χ2n) is 4.10. The summed E-state index contributed by atoms with van der Waals surface area (Å²) in [5.74, 6) is 0. The first-order valence-electron chi connectivity index (χ1n) is 5.56. The number of benzene rings is 2. The van der Waals surface area contributed by atoms with Gasteiger partial charge < -0.3 is 0 Å². The predicted molar refractivity (Wildman–Crippen MR) is 73.1 cm³/mol. The van der Waals surface area contributed by atoms with Gasteiger partial charge in [-0.25, -0.2) is 0 Å². The molecule has 0 bridgehead atoms. The summed E-state index contributed by atoms with van der Waals surface area (Å²) < 4.78 is 0. The van der Waals surface area contributed by atoms with Gasteiger partial charge in [-0.05, 0) is 31.5 Å². The van der Waals surface area contributed by atoms with Crippen molar-refractivity contribution in [2.75, 3.05) is 0 Å². The molecule has 0 heterocycles. The highest BCUT2D eigenvalue weighted by Crippen LogP contribution is 2.36. The smallest absolute Gasteiger partial charge is 0.258 e. The molecule has 3 nitrogen and oxygen atoms in total. The van der Waals surface area contributed by atoms with Crippen molar-refractivity contribution in [1.29, 1.82) is 0 Å². The third kappa shape index (κ3) is 2.71. The minimum atomic E-state index is -0.341. The van der Waals surface area contributed by atoms with Crippen LogP contribution in [0, 0.1) is 24.0 Å². The van der Waals surface area contributed by atoms with Gasteiger partial charge in [0.25, 0.3) is 5.69 Å². The normalized spacial score (nSPS) is 10.3. The molecular formula is C14H13NO2S. The zero-order chi connectivity index (χ0) is 13.1. The monoisotopic (exact) mass is 259 g/mol. The van der Waals surface area contributed by atoms with E-state index in [4.69, 9.17) is 0 Å². The van der Waals surface area contributed by atoms with Crippen LogP contribution in [0.3, 0.4) is 0 Å². The van der Waals surface area contributed by atoms with Crippen LogP contribution in [0.15, 0.2) is 52.3 Å². The molecule has 92 valence electrons. The molecule has 0 aliphatic rings. The van der Waals surface area contributed by atoms with Gasteiger partial charge in [-0.1, -0.05) is 41.6 Å². The first-order valence-corrected chi connectivity index (χ1v) is 6.38. The average molecular weight is 259 g/mol. The van der Waals surface area contributed by atoms with Crippen LogP contribution in [0.1, 0.15) is 11.1 Å². The number of aryl methyl sites for hydroxylation is 2. The molecule has 2 aromatic rings. The Hall–Kier alpha value is -1.81. The molecule has 0 aromatic heterocycles. The summed E-state index contributed by atoms with van der Waals surface area (Å²) in [5, 5.41) is 10.9. The molecule has 0 fully saturated rings. The lowest BCUT2D eigenvalue weighted by Crippen LogP contribution is -1.90. The van der Waals surface area contributed by atoms with E-state index in [1.54, 1.807) is 12.1 Å². The van der Waals surface area contributed by atoms with Crippen molar-refractivity contribution in [3.63, 3.8) is 0 Å². The van der Waals surface area contributed by atoms with Crippen molar-refractivity contribution in [1.82, 2.24) is 0 Å². The molecule has 0 radical (unpaired) electrons. The molecule has 0 aliphatic heterocycles. The van der Waals surface area contributed by atoms with Gasteiger partial charge in [0, 0.05) is 11.0 Å². The number of rotatable bonds is 3. The van der Waals surface area contributed by atoms with E-state index in [1.807, 2.05) is 32.0 Å². The summed E-state index contributed by atoms with van der Waals surface area (Å²) >= 11 is 1.44. The maximum absolute atomic E-state index is 10.9. The third-order valence-corrected chi connectivity index (χ3v) is 3.86. The van der Waals surface area contributed by atoms with Crippen LogP contribution >= 0.6 is 11.8 Å². The lowest BCUT2D eigenvalue weighted by Gasteiger charge is -2.06. The van der Waals surface area contributed by atoms with Crippen LogP contribution in [0.5, 0.6) is 0 Å². The standard InChI is InChI=1S/C14H13NO2S/c1-10-7-8-13(11(2)9-10)18-14-6-4-3-5-12(14)15(16)17/h3-9H,1-2H3. The van der Waals surface area contributed by atoms with Crippen molar-refractivity contribution in [2.45, 2.75) is 23.6 Å². The molecule has 2 rings (SSSR count). The van der Waals surface area contributed by atoms with Crippen LogP contribution in [0.25, 0.3) is 0 Å². The SMILES string of the molecule is Cc1ccc(Sc2ccccc2[N+](=O)[O-])c(C)c1. The van der Waals surface area contributed by atoms with Crippen LogP contribution in [0.2, 0.25) is 0 Å². The van der Waals surface area contributed by atoms with Crippen LogP contribution in [-0.2, 0) is 0 Å². The fourth-order valence-electron chi connectivity index (χ4n) is 1.73. The van der Waals surface area contributed by atoms with Gasteiger partial charge >= 0.3 is 0 Å². The molecule has 0 atom stereocenters. The number of para-hydroxylation sites is 1. The number of hydrogen-bond donors (Lipinski definition) is 0. The maximum atomic E-state index is 10.9. The van der Waals surface area contributed by atoms with Crippen LogP contribution in [-0.4, -0.2) is 4.92 Å². The molecule has 18 heavy (non-hydrogen) atoms. The molecule has 2 aromatic carbocycles. The average Bonchev–Trinajstić information content (AvgIpc) is 2.33. The summed E-state index contributed by atoms with van der Waals surface area (Å²) in [4.78, 5) is 12.3. The predicted octanol–water partition coefficient (Wildman–Crippen LogP) is 4.36. The number of nitro benzene ring substituents is 1. The highest BCUT2D eigenvalue weighted by atomic mass is 32.2. The zero-order valence-corrected chi connectivity index (χ0v) is 11.0. The van der Waals surface area contributed by atoms with Gasteiger partial charge in [0.1, 0.15) is 0 Å². The van der Waals surface area contributed by atoms with Gasteiger partial charge in [0.15, 0.2) is 0 Å². The summed E-state index contributed by atoms with van der Waals surface area (Å²) in [6.07, 6.45) is 0. The summed E-state index contributed by atoms with van der Waals surface area (Å²) in [6, 6.07) is 12.9. The first kappa shape index (κ1) is 12.6. The van der Waals surface area contributed by atoms with E-state index in [1.165, 1.54) is 23.4 Å². The minimum Gasteiger partial charge on any atom is -0.258 e. The molecule has 4 heteroatoms. The number of nitrogens with zero attached hydrogens (tertiary/aromatic N) is 1. The Morgan fingerprint density at radius 2 is 1.78 bits per heavy atom. The molecule has 0 saturated heterocycles. The zero-order valence-electron chi connectivity index (χ0n) is 10.2. The lowest BCUT2D eigenvalue weighted by atomic mass is 10.2. The highest BCUT2D eigenvalue weighted by Gasteiger charge is 2.14. The van der Waals surface area contributed by atoms with E-state index in [2.05, 4.69) is 6.07 Å². The molecule has 0 saturated carbocycles. The van der Waals surface area contributed by atoms with E-state index >= 15 is 0 Å². The van der Waals surface area contributed by atoms with Crippen molar-refractivity contribution in [3.05, 3.63) is 63.7 Å². The van der Waals surface area contributed by atoms with E-state index < -0.39 is 0 Å². The Labute approximate surface area is 110 Å². The van der Waals surface area contributed by atoms with E-state index in [0.29, 0.717) is 4.90 Å². The summed E-state index contributed by atoms with van der Waals surface area (Å²) in [5.41, 5.74) is 2.49. The molecule has 0 unspecified atom stereocenters. The largest absolute Gasteiger partial charge is 0.283 e. The summed E-state index contributed by atoms with van der Waals surface area (Å²) in [7, 11) is 0. The van der Waals surface area contributed by atoms with Crippen molar-refractivity contribution < 1.29 is 4.92 Å². The third-order valence-electron chi connectivity index (χ3n) is 2.61. The molecule has 0 N–H and O–H groups in total. The number of nitro groups is 1. The minimum absolute atomic E-state index is 0.155. The van der Waals surface area contributed by atoms with Gasteiger partial charge in [-0.2, -0.15) is 0 Å². The fourth-order valence-corrected chi connectivity index (χ4v) is 2.71. The second-order valence-corrected chi connectivity index (χ2v) is 5.18. The maximum Gasteiger partial charge on any atom is 0.283 e. The lowest BCUT2D eigenvalue weighted by molar-refractivity contribution is -0.387. The van der Waals surface area contributed by atoms with Gasteiger partial charge in [0.2, 0.25) is 0 Å². The molecule has 0 aliphatic carbocycles. The van der Waals surface area contributed by atoms with Crippen molar-refractivity contribution in [2.24, 2.45) is 0 Å². The van der Waals surface area contributed by atoms with E-state index in [-0.39, 0.29) is 10.6 Å². The second kappa shape index (κ2) is 5.23. The summed E-state index contributed by atoms with van der Waals surface area (Å²) in [6.45, 7) is 4.05. The molecular weight excluding hydrogens is 246 g/mol. The highest BCUT2D eigenvalue weighted by molar-refractivity contribution is 7.99. The Morgan fingerprint density at radius 1 is 1.06 bits per heavy atom. The Bertz CT molecular complexity index is 596. The first-order chi connectivity index (χ1) is 8.58. The Morgan fingerprint density at radius 3 is 2.44 bits per heavy atom. The van der Waals surface area contributed by atoms with Gasteiger partial charge in [-0.3, -0.25) is 10.1 Å². The van der Waals surface area contributed by atoms with Gasteiger partial charge in [-0.15, -0.1) is 0 Å². The number of hydrogen-bond acceptors (Lipinski definition) is 3. The van der Waals surface area contributed by atoms with Gasteiger partial charge in [0.05, 0.1) is 9.82 Å². The van der Waals surface area contributed by atoms with Crippen LogP contribution in [0.4, 0.5) is 5.69 Å². The van der Waals surface area contributed by atoms with Crippen molar-refractivity contribution in [3.8, 4) is 0 Å². The van der Waals surface area contributed by atoms with Crippen molar-refractivity contribution >= 4 is 17.4 Å². The molecule has 0 amide bonds. The fraction of sp³-hybridized carbons (Fsp3) is 0.143. The molecule has 0 spiro atoms.